The number of hydrogen-bond acceptors (Lipinski definition) is 1. The maximum absolute atomic E-state index is 12.1. The van der Waals surface area contributed by atoms with Gasteiger partial charge in [-0.05, 0) is 0 Å². The van der Waals surface area contributed by atoms with E-state index in [9.17, 15) is 22.0 Å². The van der Waals surface area contributed by atoms with Crippen LogP contribution in [0.1, 0.15) is 6.92 Å². The van der Waals surface area contributed by atoms with Crippen molar-refractivity contribution < 1.29 is 26.7 Å². The Morgan fingerprint density at radius 2 is 1.50 bits per heavy atom. The topological polar surface area (TPSA) is 12.5 Å². The van der Waals surface area contributed by atoms with Crippen LogP contribution in [0.3, 0.4) is 0 Å². The summed E-state index contributed by atoms with van der Waals surface area (Å²) in [5, 5.41) is 0. The number of ether oxygens (including phenoxy) is 1. The van der Waals surface area contributed by atoms with Crippen molar-refractivity contribution in [2.24, 2.45) is 0 Å². The molecule has 1 rings (SSSR count). The Hall–Kier alpha value is -0.390. The van der Waals surface area contributed by atoms with Crippen LogP contribution in [0.25, 0.3) is 0 Å². The van der Waals surface area contributed by atoms with Crippen LogP contribution in [0.15, 0.2) is 0 Å². The zero-order chi connectivity index (χ0) is 8.21. The fourth-order valence-electron chi connectivity index (χ4n) is 0.496. The summed E-state index contributed by atoms with van der Waals surface area (Å²) in [6.07, 6.45) is -4.33. The predicted molar refractivity (Wildman–Crippen MR) is 20.5 cm³/mol. The van der Waals surface area contributed by atoms with Crippen molar-refractivity contribution in [1.82, 2.24) is 0 Å². The Labute approximate surface area is 52.8 Å². The molecule has 1 heterocycles. The molecule has 60 valence electrons. The van der Waals surface area contributed by atoms with Crippen molar-refractivity contribution in [2.45, 2.75) is 24.8 Å². The lowest BCUT2D eigenvalue weighted by molar-refractivity contribution is -0.129. The van der Waals surface area contributed by atoms with Crippen LogP contribution < -0.4 is 0 Å². The highest BCUT2D eigenvalue weighted by molar-refractivity contribution is 5.02. The smallest absolute Gasteiger partial charge is 0.265 e. The summed E-state index contributed by atoms with van der Waals surface area (Å²) in [5.74, 6) is -8.24. The molecule has 1 nitrogen and oxygen atoms in total. The van der Waals surface area contributed by atoms with Crippen LogP contribution in [0, 0.1) is 0 Å². The summed E-state index contributed by atoms with van der Waals surface area (Å²) in [5.41, 5.74) is 0. The molecule has 0 aliphatic carbocycles. The molecule has 0 amide bonds. The molecule has 1 saturated heterocycles. The number of hydrogen-bond donors (Lipinski definition) is 0. The molecule has 0 aromatic carbocycles. The number of rotatable bonds is 1. The van der Waals surface area contributed by atoms with E-state index in [4.69, 9.17) is 0 Å². The van der Waals surface area contributed by atoms with E-state index in [1.807, 2.05) is 0 Å². The van der Waals surface area contributed by atoms with E-state index in [1.54, 1.807) is 0 Å². The second-order valence-electron chi connectivity index (χ2n) is 2.10. The lowest BCUT2D eigenvalue weighted by Crippen LogP contribution is -2.33. The van der Waals surface area contributed by atoms with Gasteiger partial charge in [-0.2, -0.15) is 13.2 Å². The first kappa shape index (κ1) is 7.71. The van der Waals surface area contributed by atoms with Crippen molar-refractivity contribution in [3.8, 4) is 0 Å². The van der Waals surface area contributed by atoms with Crippen molar-refractivity contribution in [1.29, 1.82) is 0 Å². The molecule has 0 bridgehead atoms. The summed E-state index contributed by atoms with van der Waals surface area (Å²) in [4.78, 5) is 0. The van der Waals surface area contributed by atoms with Crippen LogP contribution >= 0.6 is 0 Å². The van der Waals surface area contributed by atoms with E-state index in [-0.39, 0.29) is 6.92 Å². The molecular formula is C4H3F5O. The van der Waals surface area contributed by atoms with E-state index in [0.29, 0.717) is 0 Å². The van der Waals surface area contributed by atoms with Crippen LogP contribution in [0.5, 0.6) is 0 Å². The van der Waals surface area contributed by atoms with Gasteiger partial charge >= 0.3 is 17.9 Å². The van der Waals surface area contributed by atoms with Crippen molar-refractivity contribution in [3.63, 3.8) is 0 Å². The van der Waals surface area contributed by atoms with Crippen LogP contribution in [-0.2, 0) is 4.74 Å². The fraction of sp³-hybridized carbons (Fsp3) is 1.00. The Morgan fingerprint density at radius 3 is 1.50 bits per heavy atom. The molecule has 0 aromatic heterocycles. The van der Waals surface area contributed by atoms with Gasteiger partial charge in [0.25, 0.3) is 0 Å². The van der Waals surface area contributed by atoms with Crippen molar-refractivity contribution in [3.05, 3.63) is 0 Å². The summed E-state index contributed by atoms with van der Waals surface area (Å²) < 4.78 is 61.8. The van der Waals surface area contributed by atoms with Gasteiger partial charge in [-0.1, -0.05) is 0 Å². The molecule has 0 N–H and O–H groups in total. The third-order valence-corrected chi connectivity index (χ3v) is 1.17. The normalized spacial score (nSPS) is 37.8. The molecule has 0 spiro atoms. The SMILES string of the molecule is CC(F)(F)C1(F)OC1(F)F. The molecular weight excluding hydrogens is 159 g/mol. The summed E-state index contributed by atoms with van der Waals surface area (Å²) in [6, 6.07) is 0. The molecule has 6 heteroatoms. The van der Waals surface area contributed by atoms with E-state index in [0.717, 1.165) is 0 Å². The zero-order valence-electron chi connectivity index (χ0n) is 4.80. The molecule has 10 heavy (non-hydrogen) atoms. The number of alkyl halides is 5. The van der Waals surface area contributed by atoms with Crippen molar-refractivity contribution in [2.75, 3.05) is 0 Å². The van der Waals surface area contributed by atoms with Crippen LogP contribution in [-0.4, -0.2) is 17.9 Å². The second kappa shape index (κ2) is 1.44. The Bertz CT molecular complexity index is 162. The molecule has 0 aromatic rings. The van der Waals surface area contributed by atoms with Crippen LogP contribution in [0.4, 0.5) is 22.0 Å². The van der Waals surface area contributed by atoms with Gasteiger partial charge in [0.15, 0.2) is 0 Å². The summed E-state index contributed by atoms with van der Waals surface area (Å²) in [6.45, 7) is 0.0356. The average molecular weight is 162 g/mol. The average Bonchev–Trinajstić information content (AvgIpc) is 2.05. The van der Waals surface area contributed by atoms with E-state index >= 15 is 0 Å². The summed E-state index contributed by atoms with van der Waals surface area (Å²) >= 11 is 0. The van der Waals surface area contributed by atoms with Gasteiger partial charge < -0.3 is 0 Å². The predicted octanol–water partition coefficient (Wildman–Crippen LogP) is 1.93. The molecule has 0 saturated carbocycles. The van der Waals surface area contributed by atoms with Crippen molar-refractivity contribution >= 4 is 0 Å². The van der Waals surface area contributed by atoms with Gasteiger partial charge in [-0.25, -0.2) is 8.78 Å². The van der Waals surface area contributed by atoms with Crippen LogP contribution in [0.2, 0.25) is 0 Å². The minimum absolute atomic E-state index is 0.0356. The molecule has 1 aliphatic heterocycles. The lowest BCUT2D eigenvalue weighted by Gasteiger charge is -2.09. The quantitative estimate of drug-likeness (QED) is 0.424. The molecule has 1 unspecified atom stereocenters. The zero-order valence-corrected chi connectivity index (χ0v) is 4.80. The first-order chi connectivity index (χ1) is 4.21. The highest BCUT2D eigenvalue weighted by atomic mass is 19.3. The third kappa shape index (κ3) is 0.712. The first-order valence-electron chi connectivity index (χ1n) is 2.35. The fourth-order valence-corrected chi connectivity index (χ4v) is 0.496. The molecule has 0 radical (unpaired) electrons. The second-order valence-corrected chi connectivity index (χ2v) is 2.10. The monoisotopic (exact) mass is 162 g/mol. The maximum Gasteiger partial charge on any atom is 0.424 e. The van der Waals surface area contributed by atoms with E-state index < -0.39 is 17.9 Å². The van der Waals surface area contributed by atoms with E-state index in [1.165, 1.54) is 0 Å². The maximum atomic E-state index is 12.1. The number of halogens is 5. The summed E-state index contributed by atoms with van der Waals surface area (Å²) in [7, 11) is 0. The van der Waals surface area contributed by atoms with E-state index in [2.05, 4.69) is 4.74 Å². The van der Waals surface area contributed by atoms with Gasteiger partial charge in [0.2, 0.25) is 0 Å². The first-order valence-corrected chi connectivity index (χ1v) is 2.35. The Kier molecular flexibility index (Phi) is 1.11. The van der Waals surface area contributed by atoms with Gasteiger partial charge in [0.05, 0.1) is 0 Å². The van der Waals surface area contributed by atoms with Gasteiger partial charge in [0.1, 0.15) is 0 Å². The molecule has 1 atom stereocenters. The van der Waals surface area contributed by atoms with Gasteiger partial charge in [0, 0.05) is 6.92 Å². The van der Waals surface area contributed by atoms with Gasteiger partial charge in [-0.3, -0.25) is 4.74 Å². The minimum atomic E-state index is -4.33. The highest BCUT2D eigenvalue weighted by Crippen LogP contribution is 2.59. The lowest BCUT2D eigenvalue weighted by atomic mass is 10.2. The van der Waals surface area contributed by atoms with Gasteiger partial charge in [-0.15, -0.1) is 0 Å². The third-order valence-electron chi connectivity index (χ3n) is 1.17. The Balaban J connectivity index is 2.78. The standard InChI is InChI=1S/C4H3F5O/c1-2(5,6)3(7)4(8,9)10-3/h1H3. The Morgan fingerprint density at radius 1 is 1.20 bits per heavy atom. The molecule has 1 aliphatic rings. The molecule has 1 fully saturated rings. The minimum Gasteiger partial charge on any atom is -0.265 e. The number of epoxide rings is 1. The largest absolute Gasteiger partial charge is 0.424 e. The highest BCUT2D eigenvalue weighted by Gasteiger charge is 2.86.